The van der Waals surface area contributed by atoms with E-state index in [-0.39, 0.29) is 48.7 Å². The van der Waals surface area contributed by atoms with Crippen LogP contribution in [-0.2, 0) is 19.2 Å². The maximum Gasteiger partial charge on any atom is 0.211 e. The summed E-state index contributed by atoms with van der Waals surface area (Å²) in [6.45, 7) is 5.38. The molecular formula is C18H29B3N2O4. The molecule has 6 radical (unpaired) electrons. The lowest BCUT2D eigenvalue weighted by molar-refractivity contribution is -0.128. The summed E-state index contributed by atoms with van der Waals surface area (Å²) in [5, 5.41) is 0. The van der Waals surface area contributed by atoms with Crippen LogP contribution in [0.3, 0.4) is 0 Å². The summed E-state index contributed by atoms with van der Waals surface area (Å²) in [6.07, 6.45) is 4.00. The Hall–Kier alpha value is -1.37. The first kappa shape index (κ1) is 25.6. The van der Waals surface area contributed by atoms with Crippen molar-refractivity contribution in [1.29, 1.82) is 0 Å². The second-order valence-corrected chi connectivity index (χ2v) is 7.82. The molecule has 0 N–H and O–H groups in total. The van der Waals surface area contributed by atoms with Gasteiger partial charge in [0, 0.05) is 18.3 Å². The smallest absolute Gasteiger partial charge is 0.211 e. The average molecular weight is 370 g/mol. The van der Waals surface area contributed by atoms with Crippen molar-refractivity contribution in [3.63, 3.8) is 0 Å². The molecular weight excluding hydrogens is 341 g/mol. The van der Waals surface area contributed by atoms with Crippen molar-refractivity contribution in [3.8, 4) is 0 Å². The van der Waals surface area contributed by atoms with Gasteiger partial charge in [0.15, 0.2) is 0 Å². The number of amides is 1. The van der Waals surface area contributed by atoms with Gasteiger partial charge < -0.3 is 4.72 Å². The van der Waals surface area contributed by atoms with Gasteiger partial charge in [0.05, 0.1) is 27.5 Å². The minimum atomic E-state index is -0.601. The van der Waals surface area contributed by atoms with E-state index < -0.39 is 5.91 Å². The summed E-state index contributed by atoms with van der Waals surface area (Å²) in [5.74, 6) is -0.702. The van der Waals surface area contributed by atoms with Crippen LogP contribution in [0.5, 0.6) is 0 Å². The minimum Gasteiger partial charge on any atom is -0.448 e. The first-order chi connectivity index (χ1) is 12.5. The fraction of sp³-hybridized carbons (Fsp3) is 0.778. The van der Waals surface area contributed by atoms with Crippen LogP contribution in [-0.4, -0.2) is 76.3 Å². The van der Waals surface area contributed by atoms with Gasteiger partial charge in [0.2, 0.25) is 21.9 Å². The molecule has 0 fully saturated rings. The standard InChI is InChI=1S/C18H29B3N2O4/c1-18(2,3)16(26)9-7-5-4-6-8-14(24)11-22(12-15(25)10-19)13-17(27)23(20)21/h4-13H2,1-3H3. The summed E-state index contributed by atoms with van der Waals surface area (Å²) >= 11 is 0. The van der Waals surface area contributed by atoms with Crippen LogP contribution >= 0.6 is 0 Å². The third-order valence-electron chi connectivity index (χ3n) is 4.12. The molecule has 0 saturated heterocycles. The van der Waals surface area contributed by atoms with Crippen molar-refractivity contribution in [2.45, 2.75) is 65.6 Å². The third-order valence-corrected chi connectivity index (χ3v) is 4.12. The number of ketones is 3. The fourth-order valence-corrected chi connectivity index (χ4v) is 2.42. The number of carbonyl (C=O) groups is 4. The molecule has 144 valence electrons. The molecule has 0 rings (SSSR count). The van der Waals surface area contributed by atoms with Gasteiger partial charge in [0.1, 0.15) is 17.3 Å². The van der Waals surface area contributed by atoms with Crippen molar-refractivity contribution in [1.82, 2.24) is 9.62 Å². The maximum absolute atomic E-state index is 12.1. The van der Waals surface area contributed by atoms with E-state index in [1.807, 2.05) is 20.8 Å². The highest BCUT2D eigenvalue weighted by molar-refractivity contribution is 6.34. The summed E-state index contributed by atoms with van der Waals surface area (Å²) in [5.41, 5.74) is -0.305. The van der Waals surface area contributed by atoms with Gasteiger partial charge in [-0.15, -0.1) is 0 Å². The average Bonchev–Trinajstić information content (AvgIpc) is 2.56. The normalized spacial score (nSPS) is 11.4. The van der Waals surface area contributed by atoms with Crippen molar-refractivity contribution in [3.05, 3.63) is 0 Å². The predicted octanol–water partition coefficient (Wildman–Crippen LogP) is 0.965. The Balaban J connectivity index is 4.20. The molecule has 0 aliphatic heterocycles. The maximum atomic E-state index is 12.1. The lowest BCUT2D eigenvalue weighted by Crippen LogP contribution is -2.42. The Morgan fingerprint density at radius 1 is 0.778 bits per heavy atom. The highest BCUT2D eigenvalue weighted by Gasteiger charge is 2.20. The molecule has 0 aliphatic carbocycles. The summed E-state index contributed by atoms with van der Waals surface area (Å²) in [7, 11) is 15.6. The molecule has 0 unspecified atom stereocenters. The number of hydrogen-bond donors (Lipinski definition) is 0. The van der Waals surface area contributed by atoms with E-state index in [1.165, 1.54) is 4.90 Å². The molecule has 9 heteroatoms. The van der Waals surface area contributed by atoms with Crippen LogP contribution in [0.25, 0.3) is 0 Å². The van der Waals surface area contributed by atoms with E-state index in [4.69, 9.17) is 23.8 Å². The van der Waals surface area contributed by atoms with Crippen molar-refractivity contribution < 1.29 is 19.2 Å². The van der Waals surface area contributed by atoms with Crippen LogP contribution in [0.4, 0.5) is 0 Å². The first-order valence-corrected chi connectivity index (χ1v) is 9.28. The Morgan fingerprint density at radius 2 is 1.30 bits per heavy atom. The van der Waals surface area contributed by atoms with Crippen molar-refractivity contribution >= 4 is 47.1 Å². The molecule has 0 aromatic rings. The van der Waals surface area contributed by atoms with E-state index in [9.17, 15) is 19.2 Å². The lowest BCUT2D eigenvalue weighted by atomic mass is 9.88. The summed E-state index contributed by atoms with van der Waals surface area (Å²) < 4.78 is 0.434. The van der Waals surface area contributed by atoms with Gasteiger partial charge in [-0.3, -0.25) is 24.1 Å². The van der Waals surface area contributed by atoms with Crippen LogP contribution in [0, 0.1) is 5.41 Å². The topological polar surface area (TPSA) is 74.8 Å². The van der Waals surface area contributed by atoms with Gasteiger partial charge in [-0.2, -0.15) is 0 Å². The zero-order valence-corrected chi connectivity index (χ0v) is 16.8. The number of rotatable bonds is 14. The van der Waals surface area contributed by atoms with Crippen LogP contribution in [0.2, 0.25) is 6.32 Å². The quantitative estimate of drug-likeness (QED) is 0.337. The van der Waals surface area contributed by atoms with Gasteiger partial charge in [-0.25, -0.2) is 0 Å². The van der Waals surface area contributed by atoms with Gasteiger partial charge in [0.25, 0.3) is 0 Å². The Labute approximate surface area is 167 Å². The molecule has 1 amide bonds. The molecule has 27 heavy (non-hydrogen) atoms. The molecule has 0 bridgehead atoms. The molecule has 0 aromatic carbocycles. The van der Waals surface area contributed by atoms with Crippen LogP contribution in [0.15, 0.2) is 0 Å². The number of carbonyl (C=O) groups excluding carboxylic acids is 4. The number of unbranched alkanes of at least 4 members (excludes halogenated alkanes) is 3. The van der Waals surface area contributed by atoms with Gasteiger partial charge in [-0.05, 0) is 19.2 Å². The SMILES string of the molecule is [B]CC(=O)CN(CC(=O)CCCCCCC(=O)C(C)(C)C)CC(=O)N([B])[B]. The molecule has 0 spiro atoms. The van der Waals surface area contributed by atoms with Crippen LogP contribution < -0.4 is 0 Å². The number of nitrogens with zero attached hydrogens (tertiary/aromatic N) is 2. The number of hydrogen-bond acceptors (Lipinski definition) is 5. The first-order valence-electron chi connectivity index (χ1n) is 9.28. The van der Waals surface area contributed by atoms with Gasteiger partial charge >= 0.3 is 0 Å². The molecule has 0 heterocycles. The van der Waals surface area contributed by atoms with Crippen molar-refractivity contribution in [2.24, 2.45) is 5.41 Å². The van der Waals surface area contributed by atoms with Crippen molar-refractivity contribution in [2.75, 3.05) is 19.6 Å². The molecule has 6 nitrogen and oxygen atoms in total. The van der Waals surface area contributed by atoms with E-state index in [0.717, 1.165) is 19.3 Å². The fourth-order valence-electron chi connectivity index (χ4n) is 2.42. The highest BCUT2D eigenvalue weighted by Crippen LogP contribution is 2.19. The largest absolute Gasteiger partial charge is 0.448 e. The summed E-state index contributed by atoms with van der Waals surface area (Å²) in [4.78, 5) is 48.5. The Kier molecular flexibility index (Phi) is 12.3. The summed E-state index contributed by atoms with van der Waals surface area (Å²) in [6, 6.07) is 0. The zero-order valence-electron chi connectivity index (χ0n) is 16.8. The minimum absolute atomic E-state index is 0.0339. The molecule has 0 saturated carbocycles. The molecule has 0 aliphatic rings. The zero-order chi connectivity index (χ0) is 21.0. The van der Waals surface area contributed by atoms with E-state index in [1.54, 1.807) is 0 Å². The van der Waals surface area contributed by atoms with E-state index >= 15 is 0 Å². The highest BCUT2D eigenvalue weighted by atomic mass is 16.2. The van der Waals surface area contributed by atoms with Crippen LogP contribution in [0.1, 0.15) is 59.3 Å². The third kappa shape index (κ3) is 12.6. The van der Waals surface area contributed by atoms with E-state index in [0.29, 0.717) is 24.0 Å². The second kappa shape index (κ2) is 12.9. The van der Waals surface area contributed by atoms with E-state index in [2.05, 4.69) is 0 Å². The Bertz CT molecular complexity index is 519. The van der Waals surface area contributed by atoms with Gasteiger partial charge in [-0.1, -0.05) is 33.6 Å². The predicted molar refractivity (Wildman–Crippen MR) is 108 cm³/mol. The second-order valence-electron chi connectivity index (χ2n) is 7.82. The lowest BCUT2D eigenvalue weighted by Gasteiger charge is -2.22. The number of Topliss-reactive ketones (excluding diaryl/α,β-unsaturated/α-hetero) is 3. The molecule has 0 aromatic heterocycles. The Morgan fingerprint density at radius 3 is 1.78 bits per heavy atom. The monoisotopic (exact) mass is 370 g/mol. The molecule has 0 atom stereocenters.